The van der Waals surface area contributed by atoms with Crippen molar-refractivity contribution in [1.82, 2.24) is 4.57 Å². The lowest BCUT2D eigenvalue weighted by Gasteiger charge is -2.02. The molecule has 0 spiro atoms. The number of fused-ring (bicyclic) bond motifs is 3. The molecule has 0 aliphatic carbocycles. The number of rotatable bonds is 1. The van der Waals surface area contributed by atoms with Gasteiger partial charge in [0.25, 0.3) is 0 Å². The fourth-order valence-corrected chi connectivity index (χ4v) is 2.51. The SMILES string of the molecule is CC.CC.CCn1c2ccccc2c2cc(C)ccc21. The maximum absolute atomic E-state index is 2.38. The molecule has 0 amide bonds. The van der Waals surface area contributed by atoms with E-state index in [9.17, 15) is 0 Å². The highest BCUT2D eigenvalue weighted by atomic mass is 15.0. The van der Waals surface area contributed by atoms with Gasteiger partial charge in [0.1, 0.15) is 0 Å². The van der Waals surface area contributed by atoms with E-state index < -0.39 is 0 Å². The van der Waals surface area contributed by atoms with Gasteiger partial charge in [-0.15, -0.1) is 0 Å². The minimum absolute atomic E-state index is 1.02. The molecule has 0 radical (unpaired) electrons. The maximum atomic E-state index is 2.38. The molecule has 0 unspecified atom stereocenters. The van der Waals surface area contributed by atoms with Crippen molar-refractivity contribution < 1.29 is 0 Å². The van der Waals surface area contributed by atoms with Crippen LogP contribution in [0.5, 0.6) is 0 Å². The summed E-state index contributed by atoms with van der Waals surface area (Å²) in [6, 6.07) is 15.3. The van der Waals surface area contributed by atoms with Crippen LogP contribution >= 0.6 is 0 Å². The van der Waals surface area contributed by atoms with Crippen molar-refractivity contribution in [3.63, 3.8) is 0 Å². The summed E-state index contributed by atoms with van der Waals surface area (Å²) < 4.78 is 2.38. The standard InChI is InChI=1S/C15H15N.2C2H6/c1-3-16-14-7-5-4-6-12(14)13-10-11(2)8-9-15(13)16;2*1-2/h4-10H,3H2,1-2H3;2*1-2H3. The fraction of sp³-hybridized carbons (Fsp3) is 0.368. The predicted octanol–water partition coefficient (Wildman–Crippen LogP) is 6.18. The van der Waals surface area contributed by atoms with Crippen molar-refractivity contribution in [2.45, 2.75) is 48.1 Å². The summed E-state index contributed by atoms with van der Waals surface area (Å²) in [7, 11) is 0. The molecule has 0 atom stereocenters. The molecule has 0 aliphatic heterocycles. The first-order valence-corrected chi connectivity index (χ1v) is 7.79. The second kappa shape index (κ2) is 7.74. The van der Waals surface area contributed by atoms with E-state index in [1.807, 2.05) is 27.7 Å². The van der Waals surface area contributed by atoms with Gasteiger partial charge in [-0.3, -0.25) is 0 Å². The molecule has 0 aliphatic rings. The van der Waals surface area contributed by atoms with Crippen LogP contribution in [0.15, 0.2) is 42.5 Å². The van der Waals surface area contributed by atoms with E-state index in [-0.39, 0.29) is 0 Å². The number of benzene rings is 2. The molecule has 2 aromatic carbocycles. The van der Waals surface area contributed by atoms with Gasteiger partial charge in [-0.1, -0.05) is 57.5 Å². The van der Waals surface area contributed by atoms with Crippen LogP contribution in [0.4, 0.5) is 0 Å². The average molecular weight is 269 g/mol. The Kier molecular flexibility index (Phi) is 6.30. The Bertz CT molecular complexity index is 662. The van der Waals surface area contributed by atoms with Gasteiger partial charge in [-0.2, -0.15) is 0 Å². The summed E-state index contributed by atoms with van der Waals surface area (Å²) in [4.78, 5) is 0. The number of aromatic nitrogens is 1. The van der Waals surface area contributed by atoms with Crippen LogP contribution in [0.2, 0.25) is 0 Å². The fourth-order valence-electron chi connectivity index (χ4n) is 2.51. The van der Waals surface area contributed by atoms with Crippen molar-refractivity contribution in [2.24, 2.45) is 0 Å². The normalized spacial score (nSPS) is 9.70. The molecule has 0 saturated heterocycles. The van der Waals surface area contributed by atoms with E-state index in [1.54, 1.807) is 0 Å². The minimum atomic E-state index is 1.02. The summed E-state index contributed by atoms with van der Waals surface area (Å²) >= 11 is 0. The molecule has 0 N–H and O–H groups in total. The second-order valence-corrected chi connectivity index (χ2v) is 4.28. The Balaban J connectivity index is 0.000000461. The lowest BCUT2D eigenvalue weighted by molar-refractivity contribution is 0.827. The number of aryl methyl sites for hydroxylation is 2. The summed E-state index contributed by atoms with van der Waals surface area (Å²) in [5, 5.41) is 2.74. The molecule has 108 valence electrons. The van der Waals surface area contributed by atoms with E-state index in [1.165, 1.54) is 27.4 Å². The zero-order chi connectivity index (χ0) is 15.1. The maximum Gasteiger partial charge on any atom is 0.0491 e. The number of hydrogen-bond donors (Lipinski definition) is 0. The highest BCUT2D eigenvalue weighted by molar-refractivity contribution is 6.08. The van der Waals surface area contributed by atoms with Crippen LogP contribution in [-0.2, 0) is 6.54 Å². The molecule has 0 fully saturated rings. The van der Waals surface area contributed by atoms with Gasteiger partial charge in [0, 0.05) is 28.4 Å². The molecular formula is C19H27N. The van der Waals surface area contributed by atoms with Gasteiger partial charge in [-0.25, -0.2) is 0 Å². The van der Waals surface area contributed by atoms with Crippen molar-refractivity contribution in [1.29, 1.82) is 0 Å². The first-order chi connectivity index (χ1) is 9.81. The third kappa shape index (κ3) is 2.87. The first-order valence-electron chi connectivity index (χ1n) is 7.79. The lowest BCUT2D eigenvalue weighted by Crippen LogP contribution is -1.92. The van der Waals surface area contributed by atoms with E-state index in [2.05, 4.69) is 60.9 Å². The summed E-state index contributed by atoms with van der Waals surface area (Å²) in [6.45, 7) is 13.4. The van der Waals surface area contributed by atoms with Crippen molar-refractivity contribution in [2.75, 3.05) is 0 Å². The van der Waals surface area contributed by atoms with Crippen LogP contribution in [0.3, 0.4) is 0 Å². The summed E-state index contributed by atoms with van der Waals surface area (Å²) in [6.07, 6.45) is 0. The molecule has 3 aromatic rings. The average Bonchev–Trinajstić information content (AvgIpc) is 2.84. The molecular weight excluding hydrogens is 242 g/mol. The number of hydrogen-bond acceptors (Lipinski definition) is 0. The smallest absolute Gasteiger partial charge is 0.0491 e. The van der Waals surface area contributed by atoms with E-state index in [4.69, 9.17) is 0 Å². The Morgan fingerprint density at radius 1 is 0.800 bits per heavy atom. The third-order valence-electron chi connectivity index (χ3n) is 3.24. The Morgan fingerprint density at radius 2 is 1.40 bits per heavy atom. The second-order valence-electron chi connectivity index (χ2n) is 4.28. The van der Waals surface area contributed by atoms with E-state index in [0.29, 0.717) is 0 Å². The van der Waals surface area contributed by atoms with Crippen LogP contribution in [0.1, 0.15) is 40.2 Å². The molecule has 0 saturated carbocycles. The van der Waals surface area contributed by atoms with Crippen molar-refractivity contribution in [3.8, 4) is 0 Å². The van der Waals surface area contributed by atoms with Gasteiger partial charge < -0.3 is 4.57 Å². The van der Waals surface area contributed by atoms with Crippen molar-refractivity contribution in [3.05, 3.63) is 48.0 Å². The third-order valence-corrected chi connectivity index (χ3v) is 3.24. The highest BCUT2D eigenvalue weighted by Gasteiger charge is 2.08. The molecule has 3 rings (SSSR count). The van der Waals surface area contributed by atoms with Crippen LogP contribution in [0, 0.1) is 6.92 Å². The molecule has 1 heterocycles. The number of nitrogens with zero attached hydrogens (tertiary/aromatic N) is 1. The Morgan fingerprint density at radius 3 is 2.05 bits per heavy atom. The molecule has 1 aromatic heterocycles. The number of para-hydroxylation sites is 1. The Hall–Kier alpha value is -1.76. The largest absolute Gasteiger partial charge is 0.341 e. The zero-order valence-corrected chi connectivity index (χ0v) is 13.7. The summed E-state index contributed by atoms with van der Waals surface area (Å²) in [5.41, 5.74) is 4.01. The monoisotopic (exact) mass is 269 g/mol. The van der Waals surface area contributed by atoms with Gasteiger partial charge in [0.2, 0.25) is 0 Å². The van der Waals surface area contributed by atoms with E-state index >= 15 is 0 Å². The first kappa shape index (κ1) is 16.3. The van der Waals surface area contributed by atoms with Gasteiger partial charge in [0.05, 0.1) is 0 Å². The lowest BCUT2D eigenvalue weighted by atomic mass is 10.1. The minimum Gasteiger partial charge on any atom is -0.341 e. The van der Waals surface area contributed by atoms with Crippen LogP contribution < -0.4 is 0 Å². The quantitative estimate of drug-likeness (QED) is 0.497. The zero-order valence-electron chi connectivity index (χ0n) is 13.7. The van der Waals surface area contributed by atoms with Crippen LogP contribution in [0.25, 0.3) is 21.8 Å². The molecule has 20 heavy (non-hydrogen) atoms. The topological polar surface area (TPSA) is 4.93 Å². The molecule has 0 bridgehead atoms. The Labute approximate surface area is 123 Å². The van der Waals surface area contributed by atoms with Crippen molar-refractivity contribution >= 4 is 21.8 Å². The van der Waals surface area contributed by atoms with Gasteiger partial charge >= 0.3 is 0 Å². The van der Waals surface area contributed by atoms with Gasteiger partial charge in [0.15, 0.2) is 0 Å². The molecule has 1 heteroatoms. The summed E-state index contributed by atoms with van der Waals surface area (Å²) in [5.74, 6) is 0. The van der Waals surface area contributed by atoms with Crippen LogP contribution in [-0.4, -0.2) is 4.57 Å². The van der Waals surface area contributed by atoms with Gasteiger partial charge in [-0.05, 0) is 32.0 Å². The predicted molar refractivity (Wildman–Crippen MR) is 92.6 cm³/mol. The molecule has 1 nitrogen and oxygen atoms in total. The highest BCUT2D eigenvalue weighted by Crippen LogP contribution is 2.29. The van der Waals surface area contributed by atoms with E-state index in [0.717, 1.165) is 6.54 Å².